The van der Waals surface area contributed by atoms with E-state index in [2.05, 4.69) is 22.1 Å². The van der Waals surface area contributed by atoms with E-state index >= 15 is 0 Å². The normalized spacial score (nSPS) is 11.5. The van der Waals surface area contributed by atoms with Crippen LogP contribution in [0.25, 0.3) is 22.6 Å². The zero-order valence-corrected chi connectivity index (χ0v) is 23.7. The molecule has 210 valence electrons. The highest BCUT2D eigenvalue weighted by Crippen LogP contribution is 2.38. The zero-order chi connectivity index (χ0) is 29.5. The predicted octanol–water partition coefficient (Wildman–Crippen LogP) is 4.63. The second-order valence-electron chi connectivity index (χ2n) is 9.10. The van der Waals surface area contributed by atoms with Crippen LogP contribution in [-0.2, 0) is 12.2 Å². The predicted molar refractivity (Wildman–Crippen MR) is 154 cm³/mol. The largest absolute Gasteiger partial charge is 0.493 e. The van der Waals surface area contributed by atoms with Gasteiger partial charge in [-0.25, -0.2) is 9.97 Å². The number of nitrogens with zero attached hydrogens (tertiary/aromatic N) is 4. The molecule has 0 fully saturated rings. The highest BCUT2D eigenvalue weighted by Gasteiger charge is 2.22. The van der Waals surface area contributed by atoms with E-state index in [4.69, 9.17) is 24.7 Å². The minimum absolute atomic E-state index is 0.0297. The summed E-state index contributed by atoms with van der Waals surface area (Å²) < 4.78 is 16.6. The van der Waals surface area contributed by atoms with Crippen LogP contribution in [0.1, 0.15) is 34.6 Å². The number of pyridine rings is 1. The molecule has 0 aliphatic rings. The molecule has 0 bridgehead atoms. The Balaban J connectivity index is 1.62. The van der Waals surface area contributed by atoms with Gasteiger partial charge in [0.05, 0.1) is 38.2 Å². The summed E-state index contributed by atoms with van der Waals surface area (Å²) in [5.74, 6) is 2.55. The zero-order valence-electron chi connectivity index (χ0n) is 22.8. The summed E-state index contributed by atoms with van der Waals surface area (Å²) in [6, 6.07) is 17.0. The van der Waals surface area contributed by atoms with E-state index in [1.165, 1.54) is 11.8 Å². The Bertz CT molecular complexity index is 1620. The molecular formula is C30H29N5O5S. The number of aryl methyl sites for hydroxylation is 2. The maximum atomic E-state index is 10.1. The van der Waals surface area contributed by atoms with Crippen LogP contribution in [0.2, 0.25) is 0 Å². The molecule has 10 nitrogen and oxygen atoms in total. The number of aromatic nitrogens is 2. The first-order valence-electron chi connectivity index (χ1n) is 12.7. The molecule has 1 atom stereocenters. The van der Waals surface area contributed by atoms with E-state index in [9.17, 15) is 15.6 Å². The second-order valence-corrected chi connectivity index (χ2v) is 10.1. The van der Waals surface area contributed by atoms with Gasteiger partial charge in [-0.1, -0.05) is 36.0 Å². The molecule has 2 heterocycles. The minimum Gasteiger partial charge on any atom is -0.493 e. The SMILES string of the molecule is COc1ccc(-c2nc(CSc3nc(N)c(C#N)c(-c4ccc(CC[C@@H](O)CO)cc4)c3C#N)c(C)o2)cc1OC. The molecule has 0 saturated heterocycles. The number of aliphatic hydroxyl groups excluding tert-OH is 2. The van der Waals surface area contributed by atoms with Crippen LogP contribution < -0.4 is 15.2 Å². The molecule has 2 aromatic carbocycles. The van der Waals surface area contributed by atoms with Crippen molar-refractivity contribution in [3.05, 3.63) is 70.6 Å². The molecule has 4 rings (SSSR count). The molecule has 11 heteroatoms. The van der Waals surface area contributed by atoms with Gasteiger partial charge in [-0.05, 0) is 49.1 Å². The van der Waals surface area contributed by atoms with Gasteiger partial charge in [-0.3, -0.25) is 0 Å². The average Bonchev–Trinajstić information content (AvgIpc) is 3.38. The molecule has 0 unspecified atom stereocenters. The number of nitrogens with two attached hydrogens (primary N) is 1. The van der Waals surface area contributed by atoms with Gasteiger partial charge in [0.2, 0.25) is 5.89 Å². The van der Waals surface area contributed by atoms with Crippen LogP contribution in [-0.4, -0.2) is 47.1 Å². The van der Waals surface area contributed by atoms with Gasteiger partial charge in [0.1, 0.15) is 34.3 Å². The summed E-state index contributed by atoms with van der Waals surface area (Å²) >= 11 is 1.28. The highest BCUT2D eigenvalue weighted by molar-refractivity contribution is 7.98. The fourth-order valence-electron chi connectivity index (χ4n) is 4.25. The van der Waals surface area contributed by atoms with Gasteiger partial charge in [0.15, 0.2) is 11.5 Å². The average molecular weight is 572 g/mol. The van der Waals surface area contributed by atoms with Crippen molar-refractivity contribution >= 4 is 17.6 Å². The first kappa shape index (κ1) is 29.4. The number of benzene rings is 2. The number of hydrogen-bond donors (Lipinski definition) is 3. The van der Waals surface area contributed by atoms with Gasteiger partial charge >= 0.3 is 0 Å². The highest BCUT2D eigenvalue weighted by atomic mass is 32.2. The molecule has 2 aromatic heterocycles. The number of ether oxygens (including phenoxy) is 2. The second kappa shape index (κ2) is 13.2. The van der Waals surface area contributed by atoms with Crippen molar-refractivity contribution in [2.24, 2.45) is 0 Å². The number of rotatable bonds is 11. The van der Waals surface area contributed by atoms with Gasteiger partial charge in [-0.15, -0.1) is 0 Å². The Morgan fingerprint density at radius 1 is 1.00 bits per heavy atom. The lowest BCUT2D eigenvalue weighted by atomic mass is 9.95. The molecule has 0 saturated carbocycles. The Morgan fingerprint density at radius 2 is 1.68 bits per heavy atom. The number of nitrogen functional groups attached to an aromatic ring is 1. The molecule has 4 aromatic rings. The first-order chi connectivity index (χ1) is 19.8. The molecular weight excluding hydrogens is 542 g/mol. The molecule has 0 aliphatic carbocycles. The number of aliphatic hydroxyl groups is 2. The Hall–Kier alpha value is -4.55. The van der Waals surface area contributed by atoms with E-state index in [-0.39, 0.29) is 23.6 Å². The summed E-state index contributed by atoms with van der Waals surface area (Å²) in [5.41, 5.74) is 9.95. The number of thioether (sulfide) groups is 1. The summed E-state index contributed by atoms with van der Waals surface area (Å²) in [6.45, 7) is 1.52. The van der Waals surface area contributed by atoms with Crippen LogP contribution in [0.15, 0.2) is 51.9 Å². The number of anilines is 1. The van der Waals surface area contributed by atoms with Gasteiger partial charge in [0.25, 0.3) is 0 Å². The molecule has 0 amide bonds. The first-order valence-corrected chi connectivity index (χ1v) is 13.6. The third-order valence-corrected chi connectivity index (χ3v) is 7.49. The van der Waals surface area contributed by atoms with E-state index in [1.807, 2.05) is 37.3 Å². The molecule has 0 spiro atoms. The van der Waals surface area contributed by atoms with E-state index in [0.717, 1.165) is 11.1 Å². The molecule has 41 heavy (non-hydrogen) atoms. The third kappa shape index (κ3) is 6.44. The maximum absolute atomic E-state index is 10.1. The fraction of sp³-hybridized carbons (Fsp3) is 0.267. The number of methoxy groups -OCH3 is 2. The van der Waals surface area contributed by atoms with E-state index < -0.39 is 6.10 Å². The summed E-state index contributed by atoms with van der Waals surface area (Å²) in [5, 5.41) is 39.0. The number of oxazole rings is 1. The summed E-state index contributed by atoms with van der Waals surface area (Å²) in [4.78, 5) is 9.04. The van der Waals surface area contributed by atoms with Crippen LogP contribution in [0.3, 0.4) is 0 Å². The van der Waals surface area contributed by atoms with Crippen molar-refractivity contribution in [1.29, 1.82) is 10.5 Å². The minimum atomic E-state index is -0.784. The monoisotopic (exact) mass is 571 g/mol. The fourth-order valence-corrected chi connectivity index (χ4v) is 5.24. The Kier molecular flexibility index (Phi) is 9.48. The molecule has 0 aliphatic heterocycles. The lowest BCUT2D eigenvalue weighted by molar-refractivity contribution is 0.0886. The van der Waals surface area contributed by atoms with Gasteiger partial charge in [0, 0.05) is 16.9 Å². The van der Waals surface area contributed by atoms with Crippen molar-refractivity contribution in [1.82, 2.24) is 9.97 Å². The third-order valence-electron chi connectivity index (χ3n) is 6.50. The van der Waals surface area contributed by atoms with Crippen molar-refractivity contribution in [2.75, 3.05) is 26.6 Å². The van der Waals surface area contributed by atoms with Crippen LogP contribution in [0.4, 0.5) is 5.82 Å². The van der Waals surface area contributed by atoms with Crippen LogP contribution >= 0.6 is 11.8 Å². The summed E-state index contributed by atoms with van der Waals surface area (Å²) in [6.07, 6.45) is 0.203. The number of hydrogen-bond acceptors (Lipinski definition) is 11. The van der Waals surface area contributed by atoms with Crippen molar-refractivity contribution in [3.8, 4) is 46.2 Å². The number of nitriles is 2. The molecule has 0 radical (unpaired) electrons. The van der Waals surface area contributed by atoms with E-state index in [1.54, 1.807) is 26.4 Å². The van der Waals surface area contributed by atoms with Crippen molar-refractivity contribution < 1.29 is 24.1 Å². The Morgan fingerprint density at radius 3 is 2.32 bits per heavy atom. The van der Waals surface area contributed by atoms with Crippen LogP contribution in [0.5, 0.6) is 11.5 Å². The lowest BCUT2D eigenvalue weighted by Crippen LogP contribution is -2.12. The molecule has 4 N–H and O–H groups in total. The van der Waals surface area contributed by atoms with Gasteiger partial charge in [-0.2, -0.15) is 10.5 Å². The maximum Gasteiger partial charge on any atom is 0.226 e. The summed E-state index contributed by atoms with van der Waals surface area (Å²) in [7, 11) is 3.12. The topological polar surface area (TPSA) is 171 Å². The quantitative estimate of drug-likeness (QED) is 0.214. The van der Waals surface area contributed by atoms with Gasteiger partial charge < -0.3 is 29.8 Å². The van der Waals surface area contributed by atoms with E-state index in [0.29, 0.717) is 63.6 Å². The smallest absolute Gasteiger partial charge is 0.226 e. The lowest BCUT2D eigenvalue weighted by Gasteiger charge is -2.13. The van der Waals surface area contributed by atoms with Crippen molar-refractivity contribution in [2.45, 2.75) is 36.6 Å². The van der Waals surface area contributed by atoms with Crippen LogP contribution in [0, 0.1) is 29.6 Å². The standard InChI is InChI=1S/C30H29N5O5S/c1-17-24(34-29(40-17)20-9-11-25(38-2)26(12-20)39-3)16-41-30-23(14-32)27(22(13-31)28(33)35-30)19-7-4-18(5-8-19)6-10-21(37)15-36/h4-5,7-9,11-12,21,36-37H,6,10,15-16H2,1-3H3,(H2,33,35)/t21-/m1/s1. The van der Waals surface area contributed by atoms with Crippen molar-refractivity contribution in [3.63, 3.8) is 0 Å². The Labute approximate surface area is 242 Å².